The number of hydrogen-bond donors (Lipinski definition) is 2. The van der Waals surface area contributed by atoms with Crippen molar-refractivity contribution in [1.29, 1.82) is 0 Å². The Bertz CT molecular complexity index is 95.7. The highest BCUT2D eigenvalue weighted by atomic mass is 32.1. The molecule has 1 aliphatic carbocycles. The minimum Gasteiger partial charge on any atom is -0.330 e. The zero-order valence-electron chi connectivity index (χ0n) is 7.13. The van der Waals surface area contributed by atoms with Crippen LogP contribution in [0.1, 0.15) is 32.1 Å². The average Bonchev–Trinajstić information content (AvgIpc) is 2.09. The van der Waals surface area contributed by atoms with Gasteiger partial charge >= 0.3 is 0 Å². The second-order valence-corrected chi connectivity index (χ2v) is 3.94. The maximum absolute atomic E-state index is 5.67. The molecule has 1 nitrogen and oxygen atoms in total. The summed E-state index contributed by atoms with van der Waals surface area (Å²) < 4.78 is 0. The molecule has 0 aromatic rings. The van der Waals surface area contributed by atoms with Crippen LogP contribution in [0, 0.1) is 11.8 Å². The standard InChI is InChI=1S/C9H19NS/c10-6-9(7-11)8-4-2-1-3-5-8/h8-9,11H,1-7,10H2. The SMILES string of the molecule is NCC(CS)C1CCCCC1. The van der Waals surface area contributed by atoms with Gasteiger partial charge in [-0.1, -0.05) is 32.1 Å². The zero-order valence-corrected chi connectivity index (χ0v) is 8.02. The van der Waals surface area contributed by atoms with E-state index in [0.717, 1.165) is 18.2 Å². The van der Waals surface area contributed by atoms with Crippen molar-refractivity contribution in [3.8, 4) is 0 Å². The summed E-state index contributed by atoms with van der Waals surface area (Å²) in [7, 11) is 0. The van der Waals surface area contributed by atoms with Gasteiger partial charge in [-0.25, -0.2) is 0 Å². The minimum absolute atomic E-state index is 0.679. The number of rotatable bonds is 3. The molecule has 11 heavy (non-hydrogen) atoms. The van der Waals surface area contributed by atoms with Crippen molar-refractivity contribution in [3.63, 3.8) is 0 Å². The van der Waals surface area contributed by atoms with Gasteiger partial charge in [0.2, 0.25) is 0 Å². The summed E-state index contributed by atoms with van der Waals surface area (Å²) in [6, 6.07) is 0. The summed E-state index contributed by atoms with van der Waals surface area (Å²) in [6.45, 7) is 0.828. The van der Waals surface area contributed by atoms with E-state index in [1.54, 1.807) is 0 Å². The van der Waals surface area contributed by atoms with Crippen LogP contribution in [0.3, 0.4) is 0 Å². The van der Waals surface area contributed by atoms with Crippen molar-refractivity contribution in [1.82, 2.24) is 0 Å². The fraction of sp³-hybridized carbons (Fsp3) is 1.00. The van der Waals surface area contributed by atoms with Crippen LogP contribution < -0.4 is 5.73 Å². The van der Waals surface area contributed by atoms with Crippen LogP contribution in [0.5, 0.6) is 0 Å². The third kappa shape index (κ3) is 2.68. The normalized spacial score (nSPS) is 23.5. The molecule has 1 rings (SSSR count). The van der Waals surface area contributed by atoms with Gasteiger partial charge in [0.05, 0.1) is 0 Å². The molecular formula is C9H19NS. The summed E-state index contributed by atoms with van der Waals surface area (Å²) in [6.07, 6.45) is 7.04. The molecule has 2 N–H and O–H groups in total. The largest absolute Gasteiger partial charge is 0.330 e. The van der Waals surface area contributed by atoms with Gasteiger partial charge < -0.3 is 5.73 Å². The highest BCUT2D eigenvalue weighted by Gasteiger charge is 2.20. The maximum Gasteiger partial charge on any atom is -0.00384 e. The lowest BCUT2D eigenvalue weighted by atomic mass is 9.81. The Labute approximate surface area is 75.1 Å². The van der Waals surface area contributed by atoms with Crippen molar-refractivity contribution in [3.05, 3.63) is 0 Å². The summed E-state index contributed by atoms with van der Waals surface area (Å²) in [4.78, 5) is 0. The molecule has 0 bridgehead atoms. The van der Waals surface area contributed by atoms with Gasteiger partial charge in [-0.3, -0.25) is 0 Å². The van der Waals surface area contributed by atoms with Gasteiger partial charge in [0.15, 0.2) is 0 Å². The highest BCUT2D eigenvalue weighted by Crippen LogP contribution is 2.29. The Kier molecular flexibility index (Phi) is 4.31. The van der Waals surface area contributed by atoms with Crippen LogP contribution in [0.15, 0.2) is 0 Å². The van der Waals surface area contributed by atoms with Crippen molar-refractivity contribution in [2.24, 2.45) is 17.6 Å². The van der Waals surface area contributed by atoms with E-state index in [4.69, 9.17) is 5.73 Å². The van der Waals surface area contributed by atoms with Gasteiger partial charge in [-0.05, 0) is 24.1 Å². The molecule has 0 saturated heterocycles. The van der Waals surface area contributed by atoms with Crippen molar-refractivity contribution in [2.45, 2.75) is 32.1 Å². The van der Waals surface area contributed by atoms with E-state index in [9.17, 15) is 0 Å². The van der Waals surface area contributed by atoms with Crippen LogP contribution in [0.4, 0.5) is 0 Å². The van der Waals surface area contributed by atoms with Crippen LogP contribution in [0.25, 0.3) is 0 Å². The lowest BCUT2D eigenvalue weighted by molar-refractivity contribution is 0.273. The fourth-order valence-electron chi connectivity index (χ4n) is 2.02. The average molecular weight is 173 g/mol. The molecular weight excluding hydrogens is 154 g/mol. The first-order valence-corrected chi connectivity index (χ1v) is 5.32. The summed E-state index contributed by atoms with van der Waals surface area (Å²) in [5.41, 5.74) is 5.67. The predicted molar refractivity (Wildman–Crippen MR) is 53.0 cm³/mol. The topological polar surface area (TPSA) is 26.0 Å². The molecule has 0 heterocycles. The molecule has 0 aliphatic heterocycles. The Morgan fingerprint density at radius 1 is 1.27 bits per heavy atom. The first kappa shape index (κ1) is 9.40. The van der Waals surface area contributed by atoms with E-state index >= 15 is 0 Å². The maximum atomic E-state index is 5.67. The van der Waals surface area contributed by atoms with E-state index in [1.165, 1.54) is 32.1 Å². The van der Waals surface area contributed by atoms with E-state index in [0.29, 0.717) is 5.92 Å². The third-order valence-electron chi connectivity index (χ3n) is 2.85. The van der Waals surface area contributed by atoms with Crippen molar-refractivity contribution in [2.75, 3.05) is 12.3 Å². The molecule has 1 fully saturated rings. The predicted octanol–water partition coefficient (Wildman–Crippen LogP) is 2.07. The van der Waals surface area contributed by atoms with E-state index < -0.39 is 0 Å². The molecule has 0 spiro atoms. The monoisotopic (exact) mass is 173 g/mol. The Hall–Kier alpha value is 0.310. The van der Waals surface area contributed by atoms with Gasteiger partial charge in [0, 0.05) is 0 Å². The number of thiol groups is 1. The highest BCUT2D eigenvalue weighted by molar-refractivity contribution is 7.80. The van der Waals surface area contributed by atoms with Crippen LogP contribution >= 0.6 is 12.6 Å². The first-order chi connectivity index (χ1) is 5.38. The Morgan fingerprint density at radius 2 is 1.91 bits per heavy atom. The van der Waals surface area contributed by atoms with E-state index in [-0.39, 0.29) is 0 Å². The molecule has 1 atom stereocenters. The van der Waals surface area contributed by atoms with Crippen molar-refractivity contribution < 1.29 is 0 Å². The molecule has 2 heteroatoms. The quantitative estimate of drug-likeness (QED) is 0.628. The van der Waals surface area contributed by atoms with E-state index in [2.05, 4.69) is 12.6 Å². The lowest BCUT2D eigenvalue weighted by Crippen LogP contribution is -2.26. The van der Waals surface area contributed by atoms with Gasteiger partial charge in [-0.15, -0.1) is 0 Å². The first-order valence-electron chi connectivity index (χ1n) is 4.69. The molecule has 1 unspecified atom stereocenters. The molecule has 0 amide bonds. The van der Waals surface area contributed by atoms with Gasteiger partial charge in [-0.2, -0.15) is 12.6 Å². The second kappa shape index (κ2) is 5.04. The number of nitrogens with two attached hydrogens (primary N) is 1. The minimum atomic E-state index is 0.679. The van der Waals surface area contributed by atoms with Crippen LogP contribution in [-0.4, -0.2) is 12.3 Å². The molecule has 0 radical (unpaired) electrons. The van der Waals surface area contributed by atoms with E-state index in [1.807, 2.05) is 0 Å². The fourth-order valence-corrected chi connectivity index (χ4v) is 2.47. The summed E-state index contributed by atoms with van der Waals surface area (Å²) >= 11 is 4.33. The van der Waals surface area contributed by atoms with Crippen LogP contribution in [0.2, 0.25) is 0 Å². The second-order valence-electron chi connectivity index (χ2n) is 3.58. The molecule has 0 aromatic heterocycles. The van der Waals surface area contributed by atoms with Gasteiger partial charge in [0.25, 0.3) is 0 Å². The summed E-state index contributed by atoms with van der Waals surface area (Å²) in [5, 5.41) is 0. The van der Waals surface area contributed by atoms with Gasteiger partial charge in [0.1, 0.15) is 0 Å². The van der Waals surface area contributed by atoms with Crippen molar-refractivity contribution >= 4 is 12.6 Å². The van der Waals surface area contributed by atoms with Crippen LogP contribution in [-0.2, 0) is 0 Å². The Balaban J connectivity index is 2.30. The summed E-state index contributed by atoms with van der Waals surface area (Å²) in [5.74, 6) is 2.53. The zero-order chi connectivity index (χ0) is 8.10. The molecule has 1 saturated carbocycles. The lowest BCUT2D eigenvalue weighted by Gasteiger charge is -2.28. The number of hydrogen-bond acceptors (Lipinski definition) is 2. The third-order valence-corrected chi connectivity index (χ3v) is 3.32. The molecule has 66 valence electrons. The Morgan fingerprint density at radius 3 is 2.36 bits per heavy atom. The molecule has 0 aromatic carbocycles. The smallest absolute Gasteiger partial charge is 0.00384 e. The molecule has 1 aliphatic rings.